The Hall–Kier alpha value is -0.870. The molecule has 1 rings (SSSR count). The van der Waals surface area contributed by atoms with E-state index in [1.807, 2.05) is 0 Å². The van der Waals surface area contributed by atoms with Crippen molar-refractivity contribution >= 4 is 5.91 Å². The lowest BCUT2D eigenvalue weighted by molar-refractivity contribution is -0.121. The molecule has 0 aromatic carbocycles. The second kappa shape index (κ2) is 11.8. The Balaban J connectivity index is 1.88. The van der Waals surface area contributed by atoms with Gasteiger partial charge in [-0.15, -0.1) is 0 Å². The van der Waals surface area contributed by atoms with Crippen molar-refractivity contribution < 1.29 is 9.53 Å². The number of hydrogen-bond donors (Lipinski definition) is 2. The second-order valence-electron chi connectivity index (χ2n) is 5.80. The molecule has 2 unspecified atom stereocenters. The first kappa shape index (κ1) is 18.2. The van der Waals surface area contributed by atoms with Crippen molar-refractivity contribution in [3.8, 4) is 0 Å². The van der Waals surface area contributed by atoms with Gasteiger partial charge in [-0.25, -0.2) is 0 Å². The van der Waals surface area contributed by atoms with Crippen LogP contribution < -0.4 is 11.1 Å². The fraction of sp³-hybridized carbons (Fsp3) is 0.824. The van der Waals surface area contributed by atoms with Crippen LogP contribution in [0, 0.1) is 0 Å². The van der Waals surface area contributed by atoms with E-state index in [2.05, 4.69) is 24.4 Å². The zero-order valence-corrected chi connectivity index (χ0v) is 13.5. The monoisotopic (exact) mass is 296 g/mol. The number of nitrogens with two attached hydrogens (primary N) is 1. The molecule has 4 heteroatoms. The molecule has 0 bridgehead atoms. The van der Waals surface area contributed by atoms with Crippen LogP contribution in [0.4, 0.5) is 0 Å². The normalized spacial score (nSPS) is 20.9. The first-order valence-corrected chi connectivity index (χ1v) is 8.55. The van der Waals surface area contributed by atoms with Gasteiger partial charge in [-0.05, 0) is 38.6 Å². The molecular weight excluding hydrogens is 264 g/mol. The Bertz CT molecular complexity index is 305. The number of epoxide rings is 1. The van der Waals surface area contributed by atoms with E-state index in [0.717, 1.165) is 25.7 Å². The minimum atomic E-state index is 0.137. The van der Waals surface area contributed by atoms with Crippen molar-refractivity contribution in [2.45, 2.75) is 76.9 Å². The molecule has 1 aliphatic heterocycles. The number of hydrogen-bond acceptors (Lipinski definition) is 3. The van der Waals surface area contributed by atoms with E-state index >= 15 is 0 Å². The van der Waals surface area contributed by atoms with Gasteiger partial charge in [-0.2, -0.15) is 0 Å². The van der Waals surface area contributed by atoms with Crippen molar-refractivity contribution in [1.82, 2.24) is 5.32 Å². The molecule has 3 N–H and O–H groups in total. The highest BCUT2D eigenvalue weighted by Gasteiger charge is 2.36. The van der Waals surface area contributed by atoms with Crippen molar-refractivity contribution in [2.24, 2.45) is 5.73 Å². The third kappa shape index (κ3) is 9.64. The molecule has 1 saturated heterocycles. The summed E-state index contributed by atoms with van der Waals surface area (Å²) in [6.45, 7) is 3.56. The molecule has 1 heterocycles. The van der Waals surface area contributed by atoms with Gasteiger partial charge < -0.3 is 15.8 Å². The molecule has 0 radical (unpaired) electrons. The first-order chi connectivity index (χ1) is 10.3. The molecule has 0 aliphatic carbocycles. The highest BCUT2D eigenvalue weighted by molar-refractivity contribution is 5.75. The quantitative estimate of drug-likeness (QED) is 0.312. The van der Waals surface area contributed by atoms with Crippen molar-refractivity contribution in [2.75, 3.05) is 13.1 Å². The summed E-state index contributed by atoms with van der Waals surface area (Å²) in [5.74, 6) is 0.137. The van der Waals surface area contributed by atoms with Crippen LogP contribution in [0.1, 0.15) is 64.7 Å². The van der Waals surface area contributed by atoms with E-state index in [-0.39, 0.29) is 5.91 Å². The third-order valence-electron chi connectivity index (χ3n) is 3.79. The van der Waals surface area contributed by atoms with Gasteiger partial charge in [0.1, 0.15) is 0 Å². The SMILES string of the molecule is CCCCCC1OC1C/C=C/CCCC(=O)NCCCN. The lowest BCUT2D eigenvalue weighted by Gasteiger charge is -2.02. The minimum absolute atomic E-state index is 0.137. The van der Waals surface area contributed by atoms with Crippen molar-refractivity contribution in [1.29, 1.82) is 0 Å². The molecule has 21 heavy (non-hydrogen) atoms. The van der Waals surface area contributed by atoms with Gasteiger partial charge in [0.25, 0.3) is 0 Å². The van der Waals surface area contributed by atoms with Gasteiger partial charge in [-0.3, -0.25) is 4.79 Å². The zero-order valence-electron chi connectivity index (χ0n) is 13.5. The van der Waals surface area contributed by atoms with Gasteiger partial charge in [0.15, 0.2) is 0 Å². The zero-order chi connectivity index (χ0) is 15.3. The Morgan fingerprint density at radius 2 is 2.05 bits per heavy atom. The van der Waals surface area contributed by atoms with E-state index in [1.165, 1.54) is 25.7 Å². The fourth-order valence-corrected chi connectivity index (χ4v) is 2.38. The predicted octanol–water partition coefficient (Wildman–Crippen LogP) is 2.92. The summed E-state index contributed by atoms with van der Waals surface area (Å²) in [6, 6.07) is 0. The van der Waals surface area contributed by atoms with Crippen LogP contribution in [-0.4, -0.2) is 31.2 Å². The molecule has 1 fully saturated rings. The number of allylic oxidation sites excluding steroid dienone is 1. The van der Waals surface area contributed by atoms with E-state index in [9.17, 15) is 4.79 Å². The Morgan fingerprint density at radius 3 is 2.81 bits per heavy atom. The highest BCUT2D eigenvalue weighted by atomic mass is 16.6. The number of carbonyl (C=O) groups is 1. The summed E-state index contributed by atoms with van der Waals surface area (Å²) < 4.78 is 5.64. The smallest absolute Gasteiger partial charge is 0.220 e. The van der Waals surface area contributed by atoms with Crippen LogP contribution in [0.2, 0.25) is 0 Å². The van der Waals surface area contributed by atoms with Gasteiger partial charge in [0.2, 0.25) is 5.91 Å². The summed E-state index contributed by atoms with van der Waals surface area (Å²) in [4.78, 5) is 11.4. The minimum Gasteiger partial charge on any atom is -0.369 e. The molecule has 4 nitrogen and oxygen atoms in total. The number of carbonyl (C=O) groups excluding carboxylic acids is 1. The first-order valence-electron chi connectivity index (χ1n) is 8.55. The third-order valence-corrected chi connectivity index (χ3v) is 3.79. The molecule has 122 valence electrons. The highest BCUT2D eigenvalue weighted by Crippen LogP contribution is 2.30. The summed E-state index contributed by atoms with van der Waals surface area (Å²) in [6.07, 6.45) is 14.8. The average molecular weight is 296 g/mol. The lowest BCUT2D eigenvalue weighted by atomic mass is 10.1. The van der Waals surface area contributed by atoms with Crippen LogP contribution in [-0.2, 0) is 9.53 Å². The second-order valence-corrected chi connectivity index (χ2v) is 5.80. The summed E-state index contributed by atoms with van der Waals surface area (Å²) in [5.41, 5.74) is 5.37. The van der Waals surface area contributed by atoms with Crippen LogP contribution in [0.25, 0.3) is 0 Å². The van der Waals surface area contributed by atoms with Crippen LogP contribution >= 0.6 is 0 Å². The summed E-state index contributed by atoms with van der Waals surface area (Å²) >= 11 is 0. The number of nitrogens with one attached hydrogen (secondary N) is 1. The Morgan fingerprint density at radius 1 is 1.19 bits per heavy atom. The van der Waals surface area contributed by atoms with E-state index in [0.29, 0.717) is 31.7 Å². The molecule has 1 aliphatic rings. The Kier molecular flexibility index (Phi) is 10.2. The molecule has 0 saturated carbocycles. The van der Waals surface area contributed by atoms with Crippen LogP contribution in [0.5, 0.6) is 0 Å². The van der Waals surface area contributed by atoms with Gasteiger partial charge >= 0.3 is 0 Å². The van der Waals surface area contributed by atoms with E-state index in [1.54, 1.807) is 0 Å². The topological polar surface area (TPSA) is 67.7 Å². The average Bonchev–Trinajstić information content (AvgIpc) is 3.22. The van der Waals surface area contributed by atoms with Crippen LogP contribution in [0.15, 0.2) is 12.2 Å². The number of amides is 1. The molecule has 0 aromatic rings. The maximum atomic E-state index is 11.4. The lowest BCUT2D eigenvalue weighted by Crippen LogP contribution is -2.25. The summed E-state index contributed by atoms with van der Waals surface area (Å²) in [7, 11) is 0. The molecular formula is C17H32N2O2. The number of rotatable bonds is 13. The Labute approximate surface area is 129 Å². The van der Waals surface area contributed by atoms with E-state index in [4.69, 9.17) is 10.5 Å². The van der Waals surface area contributed by atoms with E-state index < -0.39 is 0 Å². The van der Waals surface area contributed by atoms with Crippen molar-refractivity contribution in [3.05, 3.63) is 12.2 Å². The molecule has 0 aromatic heterocycles. The van der Waals surface area contributed by atoms with Crippen LogP contribution in [0.3, 0.4) is 0 Å². The van der Waals surface area contributed by atoms with Gasteiger partial charge in [0, 0.05) is 13.0 Å². The largest absolute Gasteiger partial charge is 0.369 e. The predicted molar refractivity (Wildman–Crippen MR) is 87.1 cm³/mol. The maximum Gasteiger partial charge on any atom is 0.220 e. The molecule has 1 amide bonds. The number of ether oxygens (including phenoxy) is 1. The van der Waals surface area contributed by atoms with Gasteiger partial charge in [-0.1, -0.05) is 38.3 Å². The van der Waals surface area contributed by atoms with Gasteiger partial charge in [0.05, 0.1) is 12.2 Å². The fourth-order valence-electron chi connectivity index (χ4n) is 2.38. The van der Waals surface area contributed by atoms with Crippen molar-refractivity contribution in [3.63, 3.8) is 0 Å². The molecule has 2 atom stereocenters. The summed E-state index contributed by atoms with van der Waals surface area (Å²) in [5, 5.41) is 2.87. The maximum absolute atomic E-state index is 11.4. The molecule has 0 spiro atoms. The standard InChI is InChI=1S/C17H32N2O2/c1-2-3-6-10-15-16(21-15)11-7-4-5-8-12-17(20)19-14-9-13-18/h4,7,15-16H,2-3,5-6,8-14,18H2,1H3,(H,19,20)/b7-4+. The number of unbranched alkanes of at least 4 members (excludes halogenated alkanes) is 3.